The van der Waals surface area contributed by atoms with E-state index in [9.17, 15) is 4.57 Å². The quantitative estimate of drug-likeness (QED) is 0.631. The van der Waals surface area contributed by atoms with Gasteiger partial charge >= 0.3 is 7.60 Å². The molecule has 0 amide bonds. The summed E-state index contributed by atoms with van der Waals surface area (Å²) in [6.45, 7) is 8.16. The number of nitrogens with one attached hydrogen (secondary N) is 1. The van der Waals surface area contributed by atoms with Gasteiger partial charge in [-0.05, 0) is 62.1 Å². The van der Waals surface area contributed by atoms with E-state index in [4.69, 9.17) is 14.2 Å². The highest BCUT2D eigenvalue weighted by molar-refractivity contribution is 7.59. The van der Waals surface area contributed by atoms with Crippen LogP contribution in [-0.4, -0.2) is 19.8 Å². The maximum Gasteiger partial charge on any atom is 0.391 e. The van der Waals surface area contributed by atoms with Crippen LogP contribution in [0.25, 0.3) is 22.6 Å². The van der Waals surface area contributed by atoms with Crippen LogP contribution in [0.1, 0.15) is 22.3 Å². The third kappa shape index (κ3) is 2.20. The Morgan fingerprint density at radius 2 is 1.68 bits per heavy atom. The summed E-state index contributed by atoms with van der Waals surface area (Å²) < 4.78 is 16.5. The Hall–Kier alpha value is -1.88. The van der Waals surface area contributed by atoms with Gasteiger partial charge in [0.2, 0.25) is 5.50 Å². The van der Waals surface area contributed by atoms with Gasteiger partial charge < -0.3 is 19.2 Å². The highest BCUT2D eigenvalue weighted by atomic mass is 31.2. The maximum atomic E-state index is 11.2. The molecule has 7 heteroatoms. The van der Waals surface area contributed by atoms with Crippen LogP contribution < -0.4 is 5.50 Å². The molecule has 3 aromatic rings. The van der Waals surface area contributed by atoms with Gasteiger partial charge in [0.15, 0.2) is 11.6 Å². The Bertz CT molecular complexity index is 888. The van der Waals surface area contributed by atoms with Crippen LogP contribution in [0.2, 0.25) is 0 Å². The molecular weight excluding hydrogens is 303 g/mol. The van der Waals surface area contributed by atoms with Crippen molar-refractivity contribution in [1.29, 1.82) is 0 Å². The van der Waals surface area contributed by atoms with Gasteiger partial charge in [-0.2, -0.15) is 0 Å². The average Bonchev–Trinajstić information content (AvgIpc) is 3.08. The zero-order valence-corrected chi connectivity index (χ0v) is 13.7. The highest BCUT2D eigenvalue weighted by Gasteiger charge is 2.23. The van der Waals surface area contributed by atoms with Gasteiger partial charge in [-0.15, -0.1) is 0 Å². The molecule has 0 radical (unpaired) electrons. The van der Waals surface area contributed by atoms with Gasteiger partial charge in [0, 0.05) is 0 Å². The highest BCUT2D eigenvalue weighted by Crippen LogP contribution is 2.36. The number of hydrogen-bond acceptors (Lipinski definition) is 3. The molecule has 6 nitrogen and oxygen atoms in total. The fraction of sp³-hybridized carbons (Fsp3) is 0.267. The van der Waals surface area contributed by atoms with Crippen molar-refractivity contribution >= 4 is 24.1 Å². The number of aromatic amines is 1. The average molecular weight is 320 g/mol. The van der Waals surface area contributed by atoms with Crippen molar-refractivity contribution in [3.05, 3.63) is 34.4 Å². The van der Waals surface area contributed by atoms with E-state index in [-0.39, 0.29) is 5.50 Å². The van der Waals surface area contributed by atoms with Crippen LogP contribution in [0.5, 0.6) is 0 Å². The number of aromatic nitrogens is 2. The number of hydrogen-bond donors (Lipinski definition) is 3. The van der Waals surface area contributed by atoms with E-state index in [1.54, 1.807) is 0 Å². The summed E-state index contributed by atoms with van der Waals surface area (Å²) in [5.74, 6) is 0.773. The first-order chi connectivity index (χ1) is 10.2. The van der Waals surface area contributed by atoms with E-state index in [2.05, 4.69) is 23.8 Å². The molecule has 0 aliphatic heterocycles. The normalized spacial score (nSPS) is 12.3. The SMILES string of the molecule is Cc1c(C)c(C)c2[nH]c(-c3ccc(P(=O)(O)O)o3)nc2c1C. The summed E-state index contributed by atoms with van der Waals surface area (Å²) in [4.78, 5) is 26.0. The van der Waals surface area contributed by atoms with Gasteiger partial charge in [-0.1, -0.05) is 0 Å². The minimum atomic E-state index is -4.40. The minimum Gasteiger partial charge on any atom is -0.445 e. The molecule has 0 saturated carbocycles. The number of rotatable bonds is 2. The van der Waals surface area contributed by atoms with Crippen molar-refractivity contribution in [1.82, 2.24) is 9.97 Å². The van der Waals surface area contributed by atoms with Crippen LogP contribution in [0.15, 0.2) is 16.5 Å². The molecule has 0 atom stereocenters. The summed E-state index contributed by atoms with van der Waals surface area (Å²) in [6, 6.07) is 2.79. The Labute approximate surface area is 127 Å². The molecule has 0 spiro atoms. The summed E-state index contributed by atoms with van der Waals surface area (Å²) in [5.41, 5.74) is 6.01. The number of H-pyrrole nitrogens is 1. The smallest absolute Gasteiger partial charge is 0.391 e. The molecular formula is C15H17N2O4P. The van der Waals surface area contributed by atoms with Crippen LogP contribution in [0.4, 0.5) is 0 Å². The predicted octanol–water partition coefficient (Wildman–Crippen LogP) is 2.86. The van der Waals surface area contributed by atoms with Crippen molar-refractivity contribution in [2.75, 3.05) is 0 Å². The molecule has 0 aliphatic rings. The number of fused-ring (bicyclic) bond motifs is 1. The third-order valence-electron chi connectivity index (χ3n) is 4.23. The molecule has 0 aliphatic carbocycles. The number of benzene rings is 1. The summed E-state index contributed by atoms with van der Waals surface area (Å²) in [5, 5.41) is 0. The molecule has 3 N–H and O–H groups in total. The molecule has 0 saturated heterocycles. The van der Waals surface area contributed by atoms with Crippen molar-refractivity contribution in [2.45, 2.75) is 27.7 Å². The van der Waals surface area contributed by atoms with E-state index in [0.29, 0.717) is 11.6 Å². The molecule has 116 valence electrons. The fourth-order valence-electron chi connectivity index (χ4n) is 2.57. The van der Waals surface area contributed by atoms with E-state index in [1.165, 1.54) is 23.3 Å². The van der Waals surface area contributed by atoms with E-state index < -0.39 is 7.60 Å². The van der Waals surface area contributed by atoms with Crippen molar-refractivity contribution < 1.29 is 18.8 Å². The second-order valence-electron chi connectivity index (χ2n) is 5.49. The monoisotopic (exact) mass is 320 g/mol. The molecule has 2 aromatic heterocycles. The number of furan rings is 1. The van der Waals surface area contributed by atoms with Crippen LogP contribution in [0, 0.1) is 27.7 Å². The Morgan fingerprint density at radius 3 is 2.27 bits per heavy atom. The predicted molar refractivity (Wildman–Crippen MR) is 84.4 cm³/mol. The number of imidazole rings is 1. The van der Waals surface area contributed by atoms with Gasteiger partial charge in [-0.25, -0.2) is 4.98 Å². The Balaban J connectivity index is 2.22. The van der Waals surface area contributed by atoms with Gasteiger partial charge in [0.05, 0.1) is 11.0 Å². The molecule has 1 aromatic carbocycles. The Morgan fingerprint density at radius 1 is 1.05 bits per heavy atom. The van der Waals surface area contributed by atoms with Crippen molar-refractivity contribution in [2.24, 2.45) is 0 Å². The van der Waals surface area contributed by atoms with Gasteiger partial charge in [0.1, 0.15) is 0 Å². The second-order valence-corrected chi connectivity index (χ2v) is 7.02. The summed E-state index contributed by atoms with van der Waals surface area (Å²) in [7, 11) is -4.40. The van der Waals surface area contributed by atoms with E-state index >= 15 is 0 Å². The lowest BCUT2D eigenvalue weighted by Gasteiger charge is -2.09. The van der Waals surface area contributed by atoms with E-state index in [0.717, 1.165) is 22.2 Å². The Kier molecular flexibility index (Phi) is 3.29. The number of aryl methyl sites for hydroxylation is 2. The van der Waals surface area contributed by atoms with Gasteiger partial charge in [0.25, 0.3) is 0 Å². The summed E-state index contributed by atoms with van der Waals surface area (Å²) in [6.07, 6.45) is 0. The largest absolute Gasteiger partial charge is 0.445 e. The van der Waals surface area contributed by atoms with Crippen molar-refractivity contribution in [3.8, 4) is 11.6 Å². The standard InChI is InChI=1S/C15H17N2O4P/c1-7-8(2)10(4)14-13(9(7)3)16-15(17-14)11-5-6-12(21-11)22(18,19)20/h5-6H,1-4H3,(H,16,17)(H2,18,19,20). The molecule has 0 fully saturated rings. The third-order valence-corrected chi connectivity index (χ3v) is 5.05. The first kappa shape index (κ1) is 15.0. The number of nitrogens with zero attached hydrogens (tertiary/aromatic N) is 1. The lowest BCUT2D eigenvalue weighted by molar-refractivity contribution is 0.377. The second kappa shape index (κ2) is 4.81. The molecule has 22 heavy (non-hydrogen) atoms. The first-order valence-corrected chi connectivity index (χ1v) is 8.43. The molecule has 3 rings (SSSR count). The maximum absolute atomic E-state index is 11.2. The lowest BCUT2D eigenvalue weighted by atomic mass is 9.98. The molecule has 0 unspecified atom stereocenters. The van der Waals surface area contributed by atoms with Crippen LogP contribution in [0.3, 0.4) is 0 Å². The topological polar surface area (TPSA) is 99.4 Å². The lowest BCUT2D eigenvalue weighted by Crippen LogP contribution is -1.98. The van der Waals surface area contributed by atoms with E-state index in [1.807, 2.05) is 13.8 Å². The van der Waals surface area contributed by atoms with Crippen LogP contribution in [-0.2, 0) is 4.57 Å². The zero-order chi connectivity index (χ0) is 16.2. The molecule has 0 bridgehead atoms. The first-order valence-electron chi connectivity index (χ1n) is 6.82. The van der Waals surface area contributed by atoms with Crippen molar-refractivity contribution in [3.63, 3.8) is 0 Å². The minimum absolute atomic E-state index is 0.309. The fourth-order valence-corrected chi connectivity index (χ4v) is 3.06. The summed E-state index contributed by atoms with van der Waals surface area (Å²) >= 11 is 0. The van der Waals surface area contributed by atoms with Crippen LogP contribution >= 0.6 is 7.60 Å². The van der Waals surface area contributed by atoms with Gasteiger partial charge in [-0.3, -0.25) is 4.57 Å². The molecule has 2 heterocycles. The zero-order valence-electron chi connectivity index (χ0n) is 12.8.